The van der Waals surface area contributed by atoms with Gasteiger partial charge in [-0.15, -0.1) is 6.58 Å². The highest BCUT2D eigenvalue weighted by Gasteiger charge is 2.33. The average Bonchev–Trinajstić information content (AvgIpc) is 3.00. The summed E-state index contributed by atoms with van der Waals surface area (Å²) in [4.78, 5) is 38.5. The van der Waals surface area contributed by atoms with Gasteiger partial charge in [0.15, 0.2) is 0 Å². The first-order chi connectivity index (χ1) is 15.7. The lowest BCUT2D eigenvalue weighted by Gasteiger charge is -2.24. The van der Waals surface area contributed by atoms with Gasteiger partial charge in [-0.3, -0.25) is 19.6 Å². The van der Waals surface area contributed by atoms with E-state index in [1.807, 2.05) is 42.6 Å². The van der Waals surface area contributed by atoms with E-state index in [0.29, 0.717) is 38.3 Å². The first kappa shape index (κ1) is 21.4. The molecule has 1 aromatic carbocycles. The number of hydrogen-bond acceptors (Lipinski definition) is 4. The van der Waals surface area contributed by atoms with Gasteiger partial charge in [0, 0.05) is 50.3 Å². The number of hydrogen-bond donors (Lipinski definition) is 0. The number of rotatable bonds is 6. The molecule has 6 nitrogen and oxygen atoms in total. The summed E-state index contributed by atoms with van der Waals surface area (Å²) in [6.45, 7) is 5.55. The van der Waals surface area contributed by atoms with E-state index >= 15 is 0 Å². The first-order valence-corrected chi connectivity index (χ1v) is 10.8. The zero-order valence-corrected chi connectivity index (χ0v) is 17.9. The zero-order chi connectivity index (χ0) is 22.3. The number of amides is 2. The SMILES string of the molecule is C=CCN1CCN(C(=O)c2ccccn2)CC(Cc2ccccc2-c2cccnc2)C1=O. The van der Waals surface area contributed by atoms with E-state index in [-0.39, 0.29) is 17.7 Å². The van der Waals surface area contributed by atoms with Crippen LogP contribution in [0.4, 0.5) is 0 Å². The molecule has 0 spiro atoms. The maximum absolute atomic E-state index is 13.4. The summed E-state index contributed by atoms with van der Waals surface area (Å²) in [5.41, 5.74) is 3.51. The monoisotopic (exact) mass is 426 g/mol. The Kier molecular flexibility index (Phi) is 6.70. The van der Waals surface area contributed by atoms with Gasteiger partial charge in [-0.1, -0.05) is 42.5 Å². The standard InChI is InChI=1S/C26H26N4O2/c1-2-14-29-15-16-30(26(32)24-11-5-6-13-28-24)19-22(25(29)31)17-20-8-3-4-10-23(20)21-9-7-12-27-18-21/h2-13,18,22H,1,14-17,19H2. The summed E-state index contributed by atoms with van der Waals surface area (Å²) < 4.78 is 0. The van der Waals surface area contributed by atoms with E-state index < -0.39 is 0 Å². The third-order valence-corrected chi connectivity index (χ3v) is 5.72. The number of benzene rings is 1. The van der Waals surface area contributed by atoms with Crippen LogP contribution in [0.2, 0.25) is 0 Å². The van der Waals surface area contributed by atoms with Gasteiger partial charge < -0.3 is 9.80 Å². The Hall–Kier alpha value is -3.80. The molecule has 1 fully saturated rings. The van der Waals surface area contributed by atoms with Gasteiger partial charge in [-0.25, -0.2) is 0 Å². The fourth-order valence-corrected chi connectivity index (χ4v) is 4.14. The summed E-state index contributed by atoms with van der Waals surface area (Å²) in [5, 5.41) is 0. The Labute approximate surface area is 188 Å². The van der Waals surface area contributed by atoms with Crippen LogP contribution in [0.25, 0.3) is 11.1 Å². The van der Waals surface area contributed by atoms with Gasteiger partial charge in [0.05, 0.1) is 5.92 Å². The van der Waals surface area contributed by atoms with Gasteiger partial charge in [0.1, 0.15) is 5.69 Å². The molecule has 162 valence electrons. The zero-order valence-electron chi connectivity index (χ0n) is 17.9. The van der Waals surface area contributed by atoms with Crippen LogP contribution in [-0.2, 0) is 11.2 Å². The van der Waals surface area contributed by atoms with E-state index in [4.69, 9.17) is 0 Å². The van der Waals surface area contributed by atoms with E-state index in [9.17, 15) is 9.59 Å². The molecule has 4 rings (SSSR count). The fourth-order valence-electron chi connectivity index (χ4n) is 4.14. The lowest BCUT2D eigenvalue weighted by atomic mass is 9.91. The van der Waals surface area contributed by atoms with E-state index in [2.05, 4.69) is 16.5 Å². The van der Waals surface area contributed by atoms with Crippen molar-refractivity contribution in [3.63, 3.8) is 0 Å². The van der Waals surface area contributed by atoms with Gasteiger partial charge >= 0.3 is 0 Å². The van der Waals surface area contributed by atoms with Crippen LogP contribution in [0, 0.1) is 5.92 Å². The Morgan fingerprint density at radius 3 is 2.66 bits per heavy atom. The predicted molar refractivity (Wildman–Crippen MR) is 124 cm³/mol. The van der Waals surface area contributed by atoms with Crippen molar-refractivity contribution in [2.75, 3.05) is 26.2 Å². The molecule has 0 saturated carbocycles. The van der Waals surface area contributed by atoms with E-state index in [1.165, 1.54) is 0 Å². The summed E-state index contributed by atoms with van der Waals surface area (Å²) in [6, 6.07) is 17.3. The van der Waals surface area contributed by atoms with Crippen molar-refractivity contribution >= 4 is 11.8 Å². The highest BCUT2D eigenvalue weighted by molar-refractivity contribution is 5.93. The highest BCUT2D eigenvalue weighted by atomic mass is 16.2. The second-order valence-electron chi connectivity index (χ2n) is 7.84. The van der Waals surface area contributed by atoms with Crippen LogP contribution < -0.4 is 0 Å². The minimum absolute atomic E-state index is 0.0437. The van der Waals surface area contributed by atoms with Crippen molar-refractivity contribution in [2.24, 2.45) is 5.92 Å². The first-order valence-electron chi connectivity index (χ1n) is 10.8. The second-order valence-corrected chi connectivity index (χ2v) is 7.84. The topological polar surface area (TPSA) is 66.4 Å². The molecule has 3 aromatic rings. The van der Waals surface area contributed by atoms with Crippen LogP contribution >= 0.6 is 0 Å². The van der Waals surface area contributed by atoms with Crippen molar-refractivity contribution in [2.45, 2.75) is 6.42 Å². The minimum atomic E-state index is -0.358. The maximum atomic E-state index is 13.4. The summed E-state index contributed by atoms with van der Waals surface area (Å²) in [5.74, 6) is -0.463. The largest absolute Gasteiger partial charge is 0.337 e. The molecule has 2 aromatic heterocycles. The lowest BCUT2D eigenvalue weighted by molar-refractivity contribution is -0.134. The van der Waals surface area contributed by atoms with Gasteiger partial charge in [-0.05, 0) is 35.7 Å². The second kappa shape index (κ2) is 10.0. The number of carbonyl (C=O) groups excluding carboxylic acids is 2. The average molecular weight is 427 g/mol. The molecular formula is C26H26N4O2. The minimum Gasteiger partial charge on any atom is -0.337 e. The number of pyridine rings is 2. The summed E-state index contributed by atoms with van der Waals surface area (Å²) >= 11 is 0. The van der Waals surface area contributed by atoms with E-state index in [0.717, 1.165) is 16.7 Å². The quantitative estimate of drug-likeness (QED) is 0.566. The number of aromatic nitrogens is 2. The van der Waals surface area contributed by atoms with Crippen LogP contribution in [0.5, 0.6) is 0 Å². The molecule has 1 aliphatic heterocycles. The normalized spacial score (nSPS) is 16.5. The molecule has 3 heterocycles. The van der Waals surface area contributed by atoms with E-state index in [1.54, 1.807) is 46.5 Å². The Balaban J connectivity index is 1.64. The molecule has 0 aliphatic carbocycles. The Morgan fingerprint density at radius 1 is 1.06 bits per heavy atom. The smallest absolute Gasteiger partial charge is 0.272 e. The molecule has 0 radical (unpaired) electrons. The number of nitrogens with zero attached hydrogens (tertiary/aromatic N) is 4. The molecule has 1 unspecified atom stereocenters. The maximum Gasteiger partial charge on any atom is 0.272 e. The molecule has 2 amide bonds. The van der Waals surface area contributed by atoms with Crippen molar-refractivity contribution < 1.29 is 9.59 Å². The molecule has 0 bridgehead atoms. The molecule has 0 N–H and O–H groups in total. The molecule has 1 atom stereocenters. The van der Waals surface area contributed by atoms with Gasteiger partial charge in [0.25, 0.3) is 5.91 Å². The predicted octanol–water partition coefficient (Wildman–Crippen LogP) is 3.47. The van der Waals surface area contributed by atoms with Crippen LogP contribution in [0.1, 0.15) is 16.1 Å². The molecule has 32 heavy (non-hydrogen) atoms. The fraction of sp³-hybridized carbons (Fsp3) is 0.231. The van der Waals surface area contributed by atoms with Crippen molar-refractivity contribution in [1.82, 2.24) is 19.8 Å². The molecule has 1 saturated heterocycles. The van der Waals surface area contributed by atoms with Crippen LogP contribution in [0.15, 0.2) is 85.8 Å². The van der Waals surface area contributed by atoms with Gasteiger partial charge in [-0.2, -0.15) is 0 Å². The van der Waals surface area contributed by atoms with Gasteiger partial charge in [0.2, 0.25) is 5.91 Å². The third-order valence-electron chi connectivity index (χ3n) is 5.72. The highest BCUT2D eigenvalue weighted by Crippen LogP contribution is 2.27. The van der Waals surface area contributed by atoms with Crippen molar-refractivity contribution in [3.05, 3.63) is 97.1 Å². The summed E-state index contributed by atoms with van der Waals surface area (Å²) in [7, 11) is 0. The van der Waals surface area contributed by atoms with Crippen LogP contribution in [0.3, 0.4) is 0 Å². The van der Waals surface area contributed by atoms with Crippen molar-refractivity contribution in [3.8, 4) is 11.1 Å². The Morgan fingerprint density at radius 2 is 1.91 bits per heavy atom. The van der Waals surface area contributed by atoms with Crippen molar-refractivity contribution in [1.29, 1.82) is 0 Å². The number of carbonyl (C=O) groups is 2. The third kappa shape index (κ3) is 4.75. The Bertz CT molecular complexity index is 1090. The molecule has 6 heteroatoms. The molecular weight excluding hydrogens is 400 g/mol. The summed E-state index contributed by atoms with van der Waals surface area (Å²) in [6.07, 6.45) is 7.45. The molecule has 1 aliphatic rings. The lowest BCUT2D eigenvalue weighted by Crippen LogP contribution is -2.38. The van der Waals surface area contributed by atoms with Crippen LogP contribution in [-0.4, -0.2) is 57.8 Å².